The van der Waals surface area contributed by atoms with E-state index in [1.54, 1.807) is 0 Å². The van der Waals surface area contributed by atoms with Gasteiger partial charge in [0.1, 0.15) is 0 Å². The van der Waals surface area contributed by atoms with Crippen LogP contribution in [0.3, 0.4) is 0 Å². The van der Waals surface area contributed by atoms with Crippen molar-refractivity contribution >= 4 is 11.9 Å². The molecular weight excluding hydrogens is 253 g/mol. The van der Waals surface area contributed by atoms with Gasteiger partial charge in [0.05, 0.1) is 19.6 Å². The van der Waals surface area contributed by atoms with E-state index in [9.17, 15) is 22.8 Å². The first-order valence-corrected chi connectivity index (χ1v) is 5.54. The summed E-state index contributed by atoms with van der Waals surface area (Å²) in [5.74, 6) is -1.67. The maximum absolute atomic E-state index is 13.3. The first-order valence-electron chi connectivity index (χ1n) is 5.54. The molecule has 0 unspecified atom stereocenters. The van der Waals surface area contributed by atoms with Crippen molar-refractivity contribution in [2.45, 2.75) is 37.1 Å². The van der Waals surface area contributed by atoms with Gasteiger partial charge in [-0.1, -0.05) is 0 Å². The summed E-state index contributed by atoms with van der Waals surface area (Å²) in [6.45, 7) is 0.139. The zero-order chi connectivity index (χ0) is 13.6. The van der Waals surface area contributed by atoms with Crippen molar-refractivity contribution in [3.63, 3.8) is 0 Å². The first-order chi connectivity index (χ1) is 8.32. The number of amides is 1. The highest BCUT2D eigenvalue weighted by Gasteiger charge is 2.67. The quantitative estimate of drug-likeness (QED) is 0.735. The number of carbonyl (C=O) groups excluding carboxylic acids is 2. The lowest BCUT2D eigenvalue weighted by Gasteiger charge is -2.37. The van der Waals surface area contributed by atoms with Crippen LogP contribution in [0.2, 0.25) is 0 Å². The van der Waals surface area contributed by atoms with Crippen molar-refractivity contribution in [1.29, 1.82) is 0 Å². The van der Waals surface area contributed by atoms with Crippen LogP contribution in [0, 0.1) is 0 Å². The zero-order valence-corrected chi connectivity index (χ0v) is 9.71. The Labute approximate surface area is 101 Å². The molecule has 2 heterocycles. The number of halogens is 3. The lowest BCUT2D eigenvalue weighted by Crippen LogP contribution is -2.63. The highest BCUT2D eigenvalue weighted by Crippen LogP contribution is 2.44. The van der Waals surface area contributed by atoms with Gasteiger partial charge in [-0.25, -0.2) is 0 Å². The second-order valence-corrected chi connectivity index (χ2v) is 4.45. The monoisotopic (exact) mass is 266 g/mol. The minimum atomic E-state index is -4.73. The van der Waals surface area contributed by atoms with Crippen LogP contribution in [-0.4, -0.2) is 48.3 Å². The molecule has 5 nitrogen and oxygen atoms in total. The summed E-state index contributed by atoms with van der Waals surface area (Å²) in [6, 6.07) is -0.795. The topological polar surface area (TPSA) is 58.6 Å². The summed E-state index contributed by atoms with van der Waals surface area (Å²) >= 11 is 0. The Bertz CT molecular complexity index is 385. The molecule has 2 aliphatic rings. The average Bonchev–Trinajstić information content (AvgIpc) is 2.82. The number of ether oxygens (including phenoxy) is 1. The Kier molecular flexibility index (Phi) is 3.00. The smallest absolute Gasteiger partial charge is 0.425 e. The van der Waals surface area contributed by atoms with E-state index >= 15 is 0 Å². The average molecular weight is 266 g/mol. The second-order valence-electron chi connectivity index (χ2n) is 4.45. The standard InChI is InChI=1S/C10H13F3N2O3/c1-18-7(16)5-9(10(11,12)13)14-8(17)6-3-2-4-15(6)9/h6H,2-5H2,1H3,(H,14,17)/t6-,9-/m0/s1. The van der Waals surface area contributed by atoms with Crippen molar-refractivity contribution in [2.75, 3.05) is 13.7 Å². The van der Waals surface area contributed by atoms with Crippen LogP contribution in [-0.2, 0) is 14.3 Å². The van der Waals surface area contributed by atoms with Crippen molar-refractivity contribution in [2.24, 2.45) is 0 Å². The van der Waals surface area contributed by atoms with Gasteiger partial charge in [-0.3, -0.25) is 14.5 Å². The van der Waals surface area contributed by atoms with E-state index in [-0.39, 0.29) is 6.54 Å². The van der Waals surface area contributed by atoms with Crippen LogP contribution in [0.4, 0.5) is 13.2 Å². The second kappa shape index (κ2) is 4.11. The third-order valence-electron chi connectivity index (χ3n) is 3.47. The van der Waals surface area contributed by atoms with Gasteiger partial charge in [-0.2, -0.15) is 13.2 Å². The predicted molar refractivity (Wildman–Crippen MR) is 53.3 cm³/mol. The van der Waals surface area contributed by atoms with Crippen LogP contribution in [0.15, 0.2) is 0 Å². The molecule has 0 spiro atoms. The molecule has 0 aromatic heterocycles. The molecule has 2 fully saturated rings. The Balaban J connectivity index is 2.37. The molecule has 102 valence electrons. The summed E-state index contributed by atoms with van der Waals surface area (Å²) in [5.41, 5.74) is -2.61. The molecule has 0 aromatic rings. The molecule has 1 N–H and O–H groups in total. The van der Waals surface area contributed by atoms with Crippen LogP contribution in [0.25, 0.3) is 0 Å². The molecule has 2 saturated heterocycles. The maximum atomic E-state index is 13.3. The number of hydrogen-bond acceptors (Lipinski definition) is 4. The number of nitrogens with one attached hydrogen (secondary N) is 1. The van der Waals surface area contributed by atoms with Gasteiger partial charge >= 0.3 is 12.1 Å². The summed E-state index contributed by atoms with van der Waals surface area (Å²) in [7, 11) is 1.02. The fourth-order valence-corrected chi connectivity index (χ4v) is 2.62. The van der Waals surface area contributed by atoms with Gasteiger partial charge in [0.2, 0.25) is 11.6 Å². The molecule has 1 amide bonds. The van der Waals surface area contributed by atoms with Gasteiger partial charge in [-0.15, -0.1) is 0 Å². The lowest BCUT2D eigenvalue weighted by atomic mass is 10.0. The fourth-order valence-electron chi connectivity index (χ4n) is 2.62. The third kappa shape index (κ3) is 1.75. The largest absolute Gasteiger partial charge is 0.469 e. The number of fused-ring (bicyclic) bond motifs is 1. The van der Waals surface area contributed by atoms with E-state index in [0.717, 1.165) is 12.0 Å². The van der Waals surface area contributed by atoms with Crippen LogP contribution < -0.4 is 5.32 Å². The normalized spacial score (nSPS) is 32.2. The van der Waals surface area contributed by atoms with Crippen LogP contribution in [0.1, 0.15) is 19.3 Å². The maximum Gasteiger partial charge on any atom is 0.425 e. The number of carbonyl (C=O) groups is 2. The van der Waals surface area contributed by atoms with E-state index in [1.165, 1.54) is 0 Å². The number of rotatable bonds is 2. The van der Waals surface area contributed by atoms with Crippen molar-refractivity contribution in [3.8, 4) is 0 Å². The fraction of sp³-hybridized carbons (Fsp3) is 0.800. The molecule has 0 aromatic carbocycles. The van der Waals surface area contributed by atoms with Crippen LogP contribution in [0.5, 0.6) is 0 Å². The van der Waals surface area contributed by atoms with Crippen molar-refractivity contribution < 1.29 is 27.5 Å². The van der Waals surface area contributed by atoms with E-state index in [0.29, 0.717) is 12.8 Å². The number of hydrogen-bond donors (Lipinski definition) is 1. The van der Waals surface area contributed by atoms with Crippen molar-refractivity contribution in [3.05, 3.63) is 0 Å². The third-order valence-corrected chi connectivity index (χ3v) is 3.47. The molecule has 2 rings (SSSR count). The Morgan fingerprint density at radius 3 is 2.83 bits per heavy atom. The van der Waals surface area contributed by atoms with E-state index < -0.39 is 36.2 Å². The molecule has 0 radical (unpaired) electrons. The Hall–Kier alpha value is -1.31. The summed E-state index contributed by atoms with van der Waals surface area (Å²) in [5, 5.41) is 1.94. The number of esters is 1. The number of methoxy groups -OCH3 is 1. The number of nitrogens with zero attached hydrogens (tertiary/aromatic N) is 1. The van der Waals surface area contributed by atoms with Crippen molar-refractivity contribution in [1.82, 2.24) is 10.2 Å². The minimum absolute atomic E-state index is 0.139. The van der Waals surface area contributed by atoms with Gasteiger partial charge in [0, 0.05) is 6.54 Å². The highest BCUT2D eigenvalue weighted by atomic mass is 19.4. The van der Waals surface area contributed by atoms with Gasteiger partial charge in [0.15, 0.2) is 0 Å². The highest BCUT2D eigenvalue weighted by molar-refractivity contribution is 5.87. The Morgan fingerprint density at radius 1 is 1.61 bits per heavy atom. The van der Waals surface area contributed by atoms with E-state index in [2.05, 4.69) is 4.74 Å². The number of alkyl halides is 3. The SMILES string of the molecule is COC(=O)C[C@]1(C(F)(F)F)NC(=O)[C@@H]2CCCN21. The molecule has 2 atom stereocenters. The Morgan fingerprint density at radius 2 is 2.28 bits per heavy atom. The van der Waals surface area contributed by atoms with Gasteiger partial charge in [-0.05, 0) is 12.8 Å². The first kappa shape index (κ1) is 13.1. The van der Waals surface area contributed by atoms with E-state index in [1.807, 2.05) is 5.32 Å². The molecule has 8 heteroatoms. The summed E-state index contributed by atoms with van der Waals surface area (Å²) in [4.78, 5) is 23.8. The zero-order valence-electron chi connectivity index (χ0n) is 9.71. The van der Waals surface area contributed by atoms with Crippen LogP contribution >= 0.6 is 0 Å². The molecular formula is C10H13F3N2O3. The summed E-state index contributed by atoms with van der Waals surface area (Å²) in [6.07, 6.45) is -4.76. The molecule has 0 bridgehead atoms. The minimum Gasteiger partial charge on any atom is -0.469 e. The summed E-state index contributed by atoms with van der Waals surface area (Å²) < 4.78 is 44.1. The molecule has 0 aliphatic carbocycles. The lowest BCUT2D eigenvalue weighted by molar-refractivity contribution is -0.236. The predicted octanol–water partition coefficient (Wildman–Crippen LogP) is 0.402. The molecule has 0 saturated carbocycles. The molecule has 2 aliphatic heterocycles. The molecule has 18 heavy (non-hydrogen) atoms. The van der Waals surface area contributed by atoms with Gasteiger partial charge < -0.3 is 10.1 Å². The van der Waals surface area contributed by atoms with E-state index in [4.69, 9.17) is 0 Å². The van der Waals surface area contributed by atoms with Gasteiger partial charge in [0.25, 0.3) is 0 Å².